The highest BCUT2D eigenvalue weighted by molar-refractivity contribution is 6.06. The van der Waals surface area contributed by atoms with E-state index in [0.29, 0.717) is 22.1 Å². The van der Waals surface area contributed by atoms with Crippen LogP contribution in [0, 0.1) is 23.7 Å². The predicted octanol–water partition coefficient (Wildman–Crippen LogP) is 5.92. The van der Waals surface area contributed by atoms with E-state index < -0.39 is 29.5 Å². The summed E-state index contributed by atoms with van der Waals surface area (Å²) in [4.78, 5) is 12.1. The summed E-state index contributed by atoms with van der Waals surface area (Å²) in [6, 6.07) is 4.62. The molecule has 3 atom stereocenters. The molecule has 0 saturated carbocycles. The second-order valence-corrected chi connectivity index (χ2v) is 10.3. The lowest BCUT2D eigenvalue weighted by molar-refractivity contribution is -0.119. The summed E-state index contributed by atoms with van der Waals surface area (Å²) in [6.07, 6.45) is 10.7. The molecule has 0 aliphatic rings. The Balaban J connectivity index is 1.78. The molecule has 0 aliphatic carbocycles. The fourth-order valence-corrected chi connectivity index (χ4v) is 4.27. The number of hydrogen-bond acceptors (Lipinski definition) is 8. The number of benzene rings is 1. The first-order valence-electron chi connectivity index (χ1n) is 14.2. The summed E-state index contributed by atoms with van der Waals surface area (Å²) in [5.41, 5.74) is -1.19. The van der Waals surface area contributed by atoms with E-state index in [2.05, 4.69) is 37.2 Å². The van der Waals surface area contributed by atoms with Gasteiger partial charge in [0.1, 0.15) is 30.7 Å². The molecule has 0 saturated heterocycles. The van der Waals surface area contributed by atoms with Gasteiger partial charge in [-0.1, -0.05) is 63.2 Å². The van der Waals surface area contributed by atoms with Gasteiger partial charge >= 0.3 is 5.63 Å². The molecule has 0 aliphatic heterocycles. The SMILES string of the molecule is C=C[C@H](O)C#CC#C[C@H](/C=C\CCCCCCC)OC(C)(C)[C@H](O)COc1c2occc2c(OC)c2ccc(=O)oc12. The molecular weight excluding hydrogens is 536 g/mol. The number of fused-ring (bicyclic) bond motifs is 2. The van der Waals surface area contributed by atoms with E-state index in [4.69, 9.17) is 23.0 Å². The molecule has 0 radical (unpaired) electrons. The van der Waals surface area contributed by atoms with Gasteiger partial charge in [0.15, 0.2) is 11.2 Å². The molecule has 0 bridgehead atoms. The lowest BCUT2D eigenvalue weighted by Gasteiger charge is -2.32. The molecule has 42 heavy (non-hydrogen) atoms. The van der Waals surface area contributed by atoms with Crippen LogP contribution in [0.3, 0.4) is 0 Å². The van der Waals surface area contributed by atoms with Crippen LogP contribution in [0.25, 0.3) is 21.9 Å². The largest absolute Gasteiger partial charge is 0.495 e. The van der Waals surface area contributed by atoms with Crippen molar-refractivity contribution in [3.05, 3.63) is 59.7 Å². The summed E-state index contributed by atoms with van der Waals surface area (Å²) >= 11 is 0. The number of allylic oxidation sites excluding steroid dienone is 1. The Morgan fingerprint density at radius 1 is 1.02 bits per heavy atom. The van der Waals surface area contributed by atoms with Gasteiger partial charge in [-0.05, 0) is 56.7 Å². The molecule has 0 amide bonds. The topological polar surface area (TPSA) is 112 Å². The minimum Gasteiger partial charge on any atom is -0.495 e. The minimum absolute atomic E-state index is 0.152. The Labute approximate surface area is 246 Å². The Morgan fingerprint density at radius 3 is 2.50 bits per heavy atom. The lowest BCUT2D eigenvalue weighted by atomic mass is 10.0. The molecule has 0 spiro atoms. The average molecular weight is 577 g/mol. The van der Waals surface area contributed by atoms with Gasteiger partial charge in [0.2, 0.25) is 5.75 Å². The quantitative estimate of drug-likeness (QED) is 0.0993. The van der Waals surface area contributed by atoms with Crippen molar-refractivity contribution in [2.75, 3.05) is 13.7 Å². The number of hydrogen-bond donors (Lipinski definition) is 2. The summed E-state index contributed by atoms with van der Waals surface area (Å²) in [7, 11) is 1.52. The maximum atomic E-state index is 12.1. The molecule has 2 N–H and O–H groups in total. The van der Waals surface area contributed by atoms with Crippen LogP contribution >= 0.6 is 0 Å². The Kier molecular flexibility index (Phi) is 12.3. The van der Waals surface area contributed by atoms with Crippen LogP contribution in [-0.2, 0) is 4.74 Å². The number of aliphatic hydroxyl groups excluding tert-OH is 2. The number of aliphatic hydroxyl groups is 2. The van der Waals surface area contributed by atoms with Crippen molar-refractivity contribution in [2.24, 2.45) is 0 Å². The maximum Gasteiger partial charge on any atom is 0.336 e. The minimum atomic E-state index is -1.12. The predicted molar refractivity (Wildman–Crippen MR) is 164 cm³/mol. The second-order valence-electron chi connectivity index (χ2n) is 10.3. The summed E-state index contributed by atoms with van der Waals surface area (Å²) in [5.74, 6) is 11.5. The number of furan rings is 1. The van der Waals surface area contributed by atoms with Crippen LogP contribution in [0.4, 0.5) is 0 Å². The zero-order valence-electron chi connectivity index (χ0n) is 24.8. The van der Waals surface area contributed by atoms with E-state index in [0.717, 1.165) is 19.3 Å². The van der Waals surface area contributed by atoms with E-state index in [9.17, 15) is 15.0 Å². The van der Waals surface area contributed by atoms with Crippen LogP contribution < -0.4 is 15.1 Å². The van der Waals surface area contributed by atoms with Crippen molar-refractivity contribution in [1.29, 1.82) is 0 Å². The zero-order valence-corrected chi connectivity index (χ0v) is 24.8. The third-order valence-electron chi connectivity index (χ3n) is 6.73. The molecular formula is C34H40O8. The van der Waals surface area contributed by atoms with Crippen LogP contribution in [0.2, 0.25) is 0 Å². The first-order chi connectivity index (χ1) is 20.2. The fourth-order valence-electron chi connectivity index (χ4n) is 4.27. The van der Waals surface area contributed by atoms with Gasteiger partial charge in [0, 0.05) is 6.07 Å². The van der Waals surface area contributed by atoms with Gasteiger partial charge < -0.3 is 33.3 Å². The molecule has 2 heterocycles. The highest BCUT2D eigenvalue weighted by Gasteiger charge is 2.32. The molecule has 0 unspecified atom stereocenters. The van der Waals surface area contributed by atoms with Gasteiger partial charge in [-0.3, -0.25) is 0 Å². The number of ether oxygens (including phenoxy) is 3. The van der Waals surface area contributed by atoms with Crippen LogP contribution in [0.1, 0.15) is 59.3 Å². The average Bonchev–Trinajstić information content (AvgIpc) is 3.45. The number of methoxy groups -OCH3 is 1. The fraction of sp³-hybridized carbons (Fsp3) is 0.441. The van der Waals surface area contributed by atoms with Gasteiger partial charge in [-0.25, -0.2) is 4.79 Å². The summed E-state index contributed by atoms with van der Waals surface area (Å²) in [5, 5.41) is 21.9. The Morgan fingerprint density at radius 2 is 1.76 bits per heavy atom. The molecule has 1 aromatic carbocycles. The molecule has 8 nitrogen and oxygen atoms in total. The summed E-state index contributed by atoms with van der Waals surface area (Å²) < 4.78 is 28.9. The molecule has 2 aromatic heterocycles. The van der Waals surface area contributed by atoms with E-state index in [1.807, 2.05) is 12.2 Å². The monoisotopic (exact) mass is 576 g/mol. The van der Waals surface area contributed by atoms with Crippen molar-refractivity contribution >= 4 is 21.9 Å². The van der Waals surface area contributed by atoms with E-state index in [-0.39, 0.29) is 17.9 Å². The first-order valence-corrected chi connectivity index (χ1v) is 14.2. The van der Waals surface area contributed by atoms with E-state index in [1.165, 1.54) is 44.8 Å². The lowest BCUT2D eigenvalue weighted by Crippen LogP contribution is -2.44. The Bertz CT molecular complexity index is 1540. The Hall–Kier alpha value is -3.95. The van der Waals surface area contributed by atoms with Crippen molar-refractivity contribution < 1.29 is 33.3 Å². The smallest absolute Gasteiger partial charge is 0.336 e. The molecule has 8 heteroatoms. The molecule has 3 aromatic rings. The van der Waals surface area contributed by atoms with Crippen LogP contribution in [-0.4, -0.2) is 47.8 Å². The third-order valence-corrected chi connectivity index (χ3v) is 6.73. The molecule has 3 rings (SSSR count). The third kappa shape index (κ3) is 8.77. The first kappa shape index (κ1) is 32.6. The maximum absolute atomic E-state index is 12.1. The van der Waals surface area contributed by atoms with Crippen molar-refractivity contribution in [1.82, 2.24) is 0 Å². The molecule has 0 fully saturated rings. The van der Waals surface area contributed by atoms with Crippen LogP contribution in [0.5, 0.6) is 11.5 Å². The summed E-state index contributed by atoms with van der Waals surface area (Å²) in [6.45, 7) is 8.94. The van der Waals surface area contributed by atoms with Crippen molar-refractivity contribution in [3.63, 3.8) is 0 Å². The number of unbranched alkanes of at least 4 members (excludes halogenated alkanes) is 5. The highest BCUT2D eigenvalue weighted by atomic mass is 16.5. The van der Waals surface area contributed by atoms with Gasteiger partial charge in [-0.15, -0.1) is 0 Å². The zero-order chi connectivity index (χ0) is 30.5. The van der Waals surface area contributed by atoms with Crippen molar-refractivity contribution in [2.45, 2.75) is 83.2 Å². The standard InChI is InChI=1S/C34H40O8/c1-6-8-9-10-11-12-13-17-25(18-15-14-16-24(35)7-2)42-34(3,4)28(36)23-40-33-31-27(21-22-39-31)30(38-5)26-19-20-29(37)41-32(26)33/h7,13,17,19-22,24-25,28,35-36H,2,6,8-12,23H2,1,3-5H3/b17-13-/t24-,25-,28+/m0/s1. The highest BCUT2D eigenvalue weighted by Crippen LogP contribution is 2.42. The normalized spacial score (nSPS) is 13.7. The second kappa shape index (κ2) is 15.9. The van der Waals surface area contributed by atoms with Gasteiger partial charge in [-0.2, -0.15) is 0 Å². The van der Waals surface area contributed by atoms with Gasteiger partial charge in [0.05, 0.1) is 29.7 Å². The van der Waals surface area contributed by atoms with E-state index >= 15 is 0 Å². The molecule has 224 valence electrons. The van der Waals surface area contributed by atoms with Gasteiger partial charge in [0.25, 0.3) is 0 Å². The number of rotatable bonds is 15. The van der Waals surface area contributed by atoms with Crippen molar-refractivity contribution in [3.8, 4) is 35.2 Å². The van der Waals surface area contributed by atoms with Crippen LogP contribution in [0.15, 0.2) is 62.9 Å². The van der Waals surface area contributed by atoms with E-state index in [1.54, 1.807) is 26.0 Å².